The number of aliphatic carboxylic acids is 1. The first-order valence-corrected chi connectivity index (χ1v) is 10.7. The molecular weight excluding hydrogens is 418 g/mol. The molecule has 2 N–H and O–H groups in total. The maximum Gasteiger partial charge on any atom is 0.310 e. The van der Waals surface area contributed by atoms with Crippen molar-refractivity contribution in [3.05, 3.63) is 70.6 Å². The number of hydrogen-bond donors (Lipinski definition) is 2. The van der Waals surface area contributed by atoms with E-state index in [1.807, 2.05) is 50.5 Å². The minimum atomic E-state index is -0.842. The van der Waals surface area contributed by atoms with Gasteiger partial charge in [0.1, 0.15) is 17.4 Å². The number of nitrogens with one attached hydrogen (secondary N) is 1. The molecule has 170 valence electrons. The molecule has 1 aliphatic rings. The summed E-state index contributed by atoms with van der Waals surface area (Å²) in [6.07, 6.45) is 5.54. The molecule has 1 heterocycles. The highest BCUT2D eigenvalue weighted by atomic mass is 16.5. The van der Waals surface area contributed by atoms with Gasteiger partial charge in [0.05, 0.1) is 12.5 Å². The molecule has 0 bridgehead atoms. The third-order valence-corrected chi connectivity index (χ3v) is 5.55. The smallest absolute Gasteiger partial charge is 0.310 e. The lowest BCUT2D eigenvalue weighted by atomic mass is 9.93. The predicted octanol–water partition coefficient (Wildman–Crippen LogP) is 4.94. The van der Waals surface area contributed by atoms with Crippen molar-refractivity contribution in [2.24, 2.45) is 5.92 Å². The van der Waals surface area contributed by atoms with Crippen LogP contribution in [-0.4, -0.2) is 28.2 Å². The number of aromatic nitrogens is 1. The van der Waals surface area contributed by atoms with Gasteiger partial charge in [-0.3, -0.25) is 9.59 Å². The van der Waals surface area contributed by atoms with E-state index in [4.69, 9.17) is 4.74 Å². The van der Waals surface area contributed by atoms with Gasteiger partial charge < -0.3 is 19.7 Å². The van der Waals surface area contributed by atoms with Crippen molar-refractivity contribution < 1.29 is 19.4 Å². The van der Waals surface area contributed by atoms with Crippen molar-refractivity contribution in [3.63, 3.8) is 0 Å². The topological polar surface area (TPSA) is 104 Å². The molecule has 3 rings (SSSR count). The summed E-state index contributed by atoms with van der Waals surface area (Å²) in [6, 6.07) is 10.9. The molecule has 0 aliphatic heterocycles. The third-order valence-electron chi connectivity index (χ3n) is 5.55. The zero-order chi connectivity index (χ0) is 24.1. The van der Waals surface area contributed by atoms with Crippen LogP contribution < -0.4 is 10.1 Å². The zero-order valence-corrected chi connectivity index (χ0v) is 19.2. The Hall–Kier alpha value is -4.05. The van der Waals surface area contributed by atoms with E-state index < -0.39 is 17.8 Å². The van der Waals surface area contributed by atoms with Crippen molar-refractivity contribution in [3.8, 4) is 11.8 Å². The van der Waals surface area contributed by atoms with E-state index in [0.717, 1.165) is 28.2 Å². The monoisotopic (exact) mass is 445 g/mol. The number of benzene rings is 1. The molecule has 33 heavy (non-hydrogen) atoms. The molecule has 1 atom stereocenters. The van der Waals surface area contributed by atoms with Gasteiger partial charge >= 0.3 is 5.97 Å². The number of carboxylic acid groups (broad SMARTS) is 1. The summed E-state index contributed by atoms with van der Waals surface area (Å²) in [7, 11) is 0. The van der Waals surface area contributed by atoms with Gasteiger partial charge in [0, 0.05) is 28.8 Å². The second-order valence-corrected chi connectivity index (χ2v) is 7.92. The first kappa shape index (κ1) is 23.6. The van der Waals surface area contributed by atoms with E-state index in [9.17, 15) is 20.0 Å². The van der Waals surface area contributed by atoms with Crippen LogP contribution in [0.25, 0.3) is 11.8 Å². The van der Waals surface area contributed by atoms with E-state index in [1.165, 1.54) is 0 Å². The van der Waals surface area contributed by atoms with Crippen LogP contribution in [0.4, 0.5) is 5.69 Å². The molecule has 1 amide bonds. The summed E-state index contributed by atoms with van der Waals surface area (Å²) in [4.78, 5) is 24.1. The lowest BCUT2D eigenvalue weighted by molar-refractivity contribution is -0.140. The SMILES string of the molecule is CCOc1cccc(NC(=O)/C(C#N)=C\c2cc(C)n(C3=C(C)CC(C(=O)O)C=C3)c2C)c1. The molecule has 1 aromatic heterocycles. The maximum atomic E-state index is 12.7. The van der Waals surface area contributed by atoms with Crippen LogP contribution in [0.5, 0.6) is 5.75 Å². The van der Waals surface area contributed by atoms with E-state index in [1.54, 1.807) is 36.4 Å². The molecule has 1 aromatic carbocycles. The van der Waals surface area contributed by atoms with E-state index in [-0.39, 0.29) is 5.57 Å². The van der Waals surface area contributed by atoms with Gasteiger partial charge in [-0.2, -0.15) is 5.26 Å². The van der Waals surface area contributed by atoms with Crippen LogP contribution in [0, 0.1) is 31.1 Å². The van der Waals surface area contributed by atoms with Crippen molar-refractivity contribution in [2.45, 2.75) is 34.1 Å². The van der Waals surface area contributed by atoms with Crippen molar-refractivity contribution >= 4 is 29.3 Å². The fourth-order valence-electron chi connectivity index (χ4n) is 3.92. The van der Waals surface area contributed by atoms with Gasteiger partial charge in [-0.05, 0) is 75.6 Å². The molecule has 2 aromatic rings. The van der Waals surface area contributed by atoms with Crippen molar-refractivity contribution in [1.29, 1.82) is 5.26 Å². The molecule has 7 heteroatoms. The van der Waals surface area contributed by atoms with Gasteiger partial charge in [0.2, 0.25) is 0 Å². The largest absolute Gasteiger partial charge is 0.494 e. The summed E-state index contributed by atoms with van der Waals surface area (Å²) in [5.74, 6) is -1.24. The number of amides is 1. The van der Waals surface area contributed by atoms with E-state index in [2.05, 4.69) is 5.32 Å². The van der Waals surface area contributed by atoms with Crippen LogP contribution >= 0.6 is 0 Å². The Morgan fingerprint density at radius 3 is 2.70 bits per heavy atom. The van der Waals surface area contributed by atoms with Gasteiger partial charge in [-0.1, -0.05) is 12.1 Å². The number of carboxylic acids is 1. The number of ether oxygens (including phenoxy) is 1. The van der Waals surface area contributed by atoms with Crippen LogP contribution in [0.15, 0.2) is 53.6 Å². The minimum absolute atomic E-state index is 0.0205. The fraction of sp³-hybridized carbons (Fsp3) is 0.269. The summed E-state index contributed by atoms with van der Waals surface area (Å²) in [5.41, 5.74) is 4.93. The predicted molar refractivity (Wildman–Crippen MR) is 128 cm³/mol. The van der Waals surface area contributed by atoms with Crippen molar-refractivity contribution in [2.75, 3.05) is 11.9 Å². The number of allylic oxidation sites excluding steroid dienone is 3. The highest BCUT2D eigenvalue weighted by Gasteiger charge is 2.22. The lowest BCUT2D eigenvalue weighted by Crippen LogP contribution is -2.16. The van der Waals surface area contributed by atoms with Crippen LogP contribution in [-0.2, 0) is 9.59 Å². The van der Waals surface area contributed by atoms with Gasteiger partial charge in [-0.15, -0.1) is 0 Å². The molecule has 0 saturated carbocycles. The molecule has 7 nitrogen and oxygen atoms in total. The van der Waals surface area contributed by atoms with Crippen LogP contribution in [0.2, 0.25) is 0 Å². The second kappa shape index (κ2) is 10.0. The summed E-state index contributed by atoms with van der Waals surface area (Å²) in [5, 5.41) is 21.7. The number of carbonyl (C=O) groups is 2. The highest BCUT2D eigenvalue weighted by molar-refractivity contribution is 6.09. The molecule has 0 spiro atoms. The quantitative estimate of drug-likeness (QED) is 0.464. The lowest BCUT2D eigenvalue weighted by Gasteiger charge is -2.21. The van der Waals surface area contributed by atoms with Gasteiger partial charge in [-0.25, -0.2) is 0 Å². The molecule has 0 radical (unpaired) electrons. The Labute approximate surface area is 193 Å². The Bertz CT molecular complexity index is 1220. The normalized spacial score (nSPS) is 15.8. The third kappa shape index (κ3) is 5.24. The maximum absolute atomic E-state index is 12.7. The van der Waals surface area contributed by atoms with Gasteiger partial charge in [0.15, 0.2) is 0 Å². The zero-order valence-electron chi connectivity index (χ0n) is 19.2. The number of anilines is 1. The summed E-state index contributed by atoms with van der Waals surface area (Å²) in [6.45, 7) is 8.16. The van der Waals surface area contributed by atoms with E-state index >= 15 is 0 Å². The summed E-state index contributed by atoms with van der Waals surface area (Å²) < 4.78 is 7.47. The Morgan fingerprint density at radius 2 is 2.06 bits per heavy atom. The van der Waals surface area contributed by atoms with Crippen LogP contribution in [0.1, 0.15) is 37.2 Å². The number of rotatable bonds is 7. The number of nitrogens with zero attached hydrogens (tertiary/aromatic N) is 2. The first-order valence-electron chi connectivity index (χ1n) is 10.7. The summed E-state index contributed by atoms with van der Waals surface area (Å²) >= 11 is 0. The van der Waals surface area contributed by atoms with E-state index in [0.29, 0.717) is 24.5 Å². The minimum Gasteiger partial charge on any atom is -0.494 e. The highest BCUT2D eigenvalue weighted by Crippen LogP contribution is 2.31. The molecule has 0 saturated heterocycles. The number of carbonyl (C=O) groups excluding carboxylic acids is 1. The number of nitriles is 1. The average Bonchev–Trinajstić information content (AvgIpc) is 3.05. The van der Waals surface area contributed by atoms with Gasteiger partial charge in [0.25, 0.3) is 5.91 Å². The average molecular weight is 446 g/mol. The first-order chi connectivity index (χ1) is 15.7. The number of hydrogen-bond acceptors (Lipinski definition) is 4. The fourth-order valence-corrected chi connectivity index (χ4v) is 3.92. The molecule has 0 fully saturated rings. The Kier molecular flexibility index (Phi) is 7.19. The number of aryl methyl sites for hydroxylation is 1. The standard InChI is InChI=1S/C26H27N3O4/c1-5-33-23-8-6-7-22(14-23)28-25(30)21(15-27)13-20-12-17(3)29(18(20)4)24-10-9-19(26(31)32)11-16(24)2/h6-10,12-14,19H,5,11H2,1-4H3,(H,28,30)(H,31,32)/b21-13-. The molecule has 1 aliphatic carbocycles. The molecule has 1 unspecified atom stereocenters. The molecular formula is C26H27N3O4. The van der Waals surface area contributed by atoms with Crippen LogP contribution in [0.3, 0.4) is 0 Å². The Morgan fingerprint density at radius 1 is 1.30 bits per heavy atom. The van der Waals surface area contributed by atoms with Crippen molar-refractivity contribution in [1.82, 2.24) is 4.57 Å². The second-order valence-electron chi connectivity index (χ2n) is 7.92. The Balaban J connectivity index is 1.88.